The maximum atomic E-state index is 13.8. The lowest BCUT2D eigenvalue weighted by atomic mass is 9.96. The molecule has 7 nitrogen and oxygen atoms in total. The highest BCUT2D eigenvalue weighted by Crippen LogP contribution is 2.35. The summed E-state index contributed by atoms with van der Waals surface area (Å²) in [5.41, 5.74) is 1.87. The van der Waals surface area contributed by atoms with Gasteiger partial charge in [-0.3, -0.25) is 9.36 Å². The van der Waals surface area contributed by atoms with Crippen molar-refractivity contribution < 1.29 is 18.7 Å². The number of fused-ring (bicyclic) bond motifs is 1. The van der Waals surface area contributed by atoms with E-state index in [0.29, 0.717) is 53.5 Å². The Kier molecular flexibility index (Phi) is 7.53. The molecule has 5 rings (SSSR count). The second kappa shape index (κ2) is 10.9. The van der Waals surface area contributed by atoms with Crippen molar-refractivity contribution in [1.29, 1.82) is 0 Å². The average molecular weight is 583 g/mol. The van der Waals surface area contributed by atoms with E-state index in [0.717, 1.165) is 5.56 Å². The van der Waals surface area contributed by atoms with Crippen molar-refractivity contribution in [3.63, 3.8) is 0 Å². The number of furan rings is 1. The number of hydrogen-bond donors (Lipinski definition) is 0. The first-order chi connectivity index (χ1) is 18.7. The highest BCUT2D eigenvalue weighted by atomic mass is 35.5. The van der Waals surface area contributed by atoms with E-state index < -0.39 is 12.0 Å². The third-order valence-electron chi connectivity index (χ3n) is 6.13. The molecular weight excluding hydrogens is 559 g/mol. The number of nitrogens with zero attached hydrogens (tertiary/aromatic N) is 2. The van der Waals surface area contributed by atoms with E-state index in [1.165, 1.54) is 15.9 Å². The van der Waals surface area contributed by atoms with E-state index >= 15 is 0 Å². The zero-order valence-corrected chi connectivity index (χ0v) is 23.9. The fourth-order valence-electron chi connectivity index (χ4n) is 4.36. The van der Waals surface area contributed by atoms with Gasteiger partial charge < -0.3 is 13.9 Å². The standard InChI is InChI=1S/C29H24Cl2N2O5S/c1-15(2)37-28(35)24-16(3)32-29-33(26(24)17-8-10-18(36-4)11-9-17)27(34)23(39-29)14-19-12-13-22(38-19)20-6-5-7-21(30)25(20)31/h5-15,26H,1-4H3. The number of methoxy groups -OCH3 is 1. The maximum Gasteiger partial charge on any atom is 0.338 e. The van der Waals surface area contributed by atoms with Gasteiger partial charge in [-0.05, 0) is 62.7 Å². The van der Waals surface area contributed by atoms with Crippen LogP contribution in [0.1, 0.15) is 38.1 Å². The number of halogens is 2. The molecule has 1 unspecified atom stereocenters. The van der Waals surface area contributed by atoms with Crippen LogP contribution in [0.15, 0.2) is 80.1 Å². The van der Waals surface area contributed by atoms with Gasteiger partial charge >= 0.3 is 5.97 Å². The zero-order valence-electron chi connectivity index (χ0n) is 21.5. The smallest absolute Gasteiger partial charge is 0.338 e. The van der Waals surface area contributed by atoms with Crippen LogP contribution in [0.2, 0.25) is 10.0 Å². The van der Waals surface area contributed by atoms with Crippen LogP contribution in [0, 0.1) is 0 Å². The second-order valence-electron chi connectivity index (χ2n) is 9.11. The summed E-state index contributed by atoms with van der Waals surface area (Å²) >= 11 is 13.7. The Labute approximate surface area is 238 Å². The molecule has 0 spiro atoms. The van der Waals surface area contributed by atoms with Crippen LogP contribution in [-0.2, 0) is 9.53 Å². The highest BCUT2D eigenvalue weighted by molar-refractivity contribution is 7.07. The minimum Gasteiger partial charge on any atom is -0.497 e. The predicted octanol–water partition coefficient (Wildman–Crippen LogP) is 5.76. The van der Waals surface area contributed by atoms with Gasteiger partial charge in [-0.2, -0.15) is 0 Å². The van der Waals surface area contributed by atoms with Gasteiger partial charge in [0, 0.05) is 11.6 Å². The molecule has 3 heterocycles. The van der Waals surface area contributed by atoms with Crippen LogP contribution in [-0.4, -0.2) is 23.8 Å². The molecule has 0 fully saturated rings. The normalized spacial score (nSPS) is 15.4. The van der Waals surface area contributed by atoms with Crippen molar-refractivity contribution >= 4 is 46.6 Å². The lowest BCUT2D eigenvalue weighted by molar-refractivity contribution is -0.143. The number of aromatic nitrogens is 1. The monoisotopic (exact) mass is 582 g/mol. The van der Waals surface area contributed by atoms with Gasteiger partial charge in [-0.1, -0.05) is 52.7 Å². The quantitative estimate of drug-likeness (QED) is 0.270. The Bertz CT molecular complexity index is 1780. The number of benzene rings is 2. The molecule has 1 aliphatic heterocycles. The number of esters is 1. The molecule has 1 aliphatic rings. The minimum absolute atomic E-state index is 0.305. The molecule has 0 N–H and O–H groups in total. The van der Waals surface area contributed by atoms with Gasteiger partial charge in [0.1, 0.15) is 17.3 Å². The van der Waals surface area contributed by atoms with Gasteiger partial charge in [0.25, 0.3) is 5.56 Å². The molecule has 4 aromatic rings. The van der Waals surface area contributed by atoms with Gasteiger partial charge in [0.15, 0.2) is 4.80 Å². The molecule has 2 aromatic heterocycles. The van der Waals surface area contributed by atoms with Crippen molar-refractivity contribution in [3.05, 3.63) is 107 Å². The van der Waals surface area contributed by atoms with E-state index in [9.17, 15) is 9.59 Å². The van der Waals surface area contributed by atoms with Crippen molar-refractivity contribution in [2.24, 2.45) is 4.99 Å². The van der Waals surface area contributed by atoms with Crippen LogP contribution in [0.25, 0.3) is 17.4 Å². The molecule has 0 aliphatic carbocycles. The fraction of sp³-hybridized carbons (Fsp3) is 0.207. The first kappa shape index (κ1) is 27.0. The van der Waals surface area contributed by atoms with Crippen LogP contribution in [0.5, 0.6) is 5.75 Å². The molecule has 10 heteroatoms. The number of ether oxygens (including phenoxy) is 2. The number of hydrogen-bond acceptors (Lipinski definition) is 7. The van der Waals surface area contributed by atoms with Crippen LogP contribution in [0.4, 0.5) is 0 Å². The first-order valence-electron chi connectivity index (χ1n) is 12.1. The summed E-state index contributed by atoms with van der Waals surface area (Å²) in [7, 11) is 1.58. The summed E-state index contributed by atoms with van der Waals surface area (Å²) in [6, 6.07) is 15.3. The number of allylic oxidation sites excluding steroid dienone is 1. The van der Waals surface area contributed by atoms with E-state index in [1.807, 2.05) is 12.1 Å². The third kappa shape index (κ3) is 5.20. The Morgan fingerprint density at radius 1 is 1.13 bits per heavy atom. The Balaban J connectivity index is 1.63. The van der Waals surface area contributed by atoms with E-state index in [4.69, 9.17) is 37.1 Å². The van der Waals surface area contributed by atoms with Crippen LogP contribution < -0.4 is 19.6 Å². The number of carbonyl (C=O) groups is 1. The summed E-state index contributed by atoms with van der Waals surface area (Å²) in [5.74, 6) is 1.12. The summed E-state index contributed by atoms with van der Waals surface area (Å²) in [6.07, 6.45) is 1.32. The Hall–Kier alpha value is -3.59. The molecule has 0 radical (unpaired) electrons. The molecule has 39 heavy (non-hydrogen) atoms. The van der Waals surface area contributed by atoms with Gasteiger partial charge in [0.05, 0.1) is 45.1 Å². The van der Waals surface area contributed by atoms with Gasteiger partial charge in [-0.15, -0.1) is 0 Å². The van der Waals surface area contributed by atoms with E-state index in [1.54, 1.807) is 76.4 Å². The average Bonchev–Trinajstić information content (AvgIpc) is 3.48. The first-order valence-corrected chi connectivity index (χ1v) is 13.7. The van der Waals surface area contributed by atoms with Crippen molar-refractivity contribution in [2.75, 3.05) is 7.11 Å². The van der Waals surface area contributed by atoms with E-state index in [-0.39, 0.29) is 11.7 Å². The van der Waals surface area contributed by atoms with Gasteiger partial charge in [0.2, 0.25) is 0 Å². The molecule has 0 saturated carbocycles. The fourth-order valence-corrected chi connectivity index (χ4v) is 5.78. The molecule has 0 saturated heterocycles. The van der Waals surface area contributed by atoms with Gasteiger partial charge in [-0.25, -0.2) is 9.79 Å². The lowest BCUT2D eigenvalue weighted by Gasteiger charge is -2.25. The molecule has 0 amide bonds. The molecular formula is C29H24Cl2N2O5S. The largest absolute Gasteiger partial charge is 0.497 e. The zero-order chi connectivity index (χ0) is 27.8. The number of thiazole rings is 1. The summed E-state index contributed by atoms with van der Waals surface area (Å²) in [6.45, 7) is 5.30. The lowest BCUT2D eigenvalue weighted by Crippen LogP contribution is -2.40. The summed E-state index contributed by atoms with van der Waals surface area (Å²) in [5, 5.41) is 0.802. The predicted molar refractivity (Wildman–Crippen MR) is 152 cm³/mol. The Morgan fingerprint density at radius 2 is 1.87 bits per heavy atom. The summed E-state index contributed by atoms with van der Waals surface area (Å²) < 4.78 is 18.8. The van der Waals surface area contributed by atoms with Crippen LogP contribution >= 0.6 is 34.5 Å². The van der Waals surface area contributed by atoms with Crippen molar-refractivity contribution in [2.45, 2.75) is 32.9 Å². The molecule has 1 atom stereocenters. The summed E-state index contributed by atoms with van der Waals surface area (Å²) in [4.78, 5) is 32.1. The SMILES string of the molecule is COc1ccc(C2C(C(=O)OC(C)C)=C(C)N=c3sc(=Cc4ccc(-c5cccc(Cl)c5Cl)o4)c(=O)n32)cc1. The third-order valence-corrected chi connectivity index (χ3v) is 7.93. The van der Waals surface area contributed by atoms with Crippen LogP contribution in [0.3, 0.4) is 0 Å². The second-order valence-corrected chi connectivity index (χ2v) is 10.9. The van der Waals surface area contributed by atoms with E-state index in [2.05, 4.69) is 4.99 Å². The molecule has 2 aromatic carbocycles. The molecule has 0 bridgehead atoms. The highest BCUT2D eigenvalue weighted by Gasteiger charge is 2.33. The number of carbonyl (C=O) groups excluding carboxylic acids is 1. The van der Waals surface area contributed by atoms with Crippen molar-refractivity contribution in [3.8, 4) is 17.1 Å². The topological polar surface area (TPSA) is 83.0 Å². The van der Waals surface area contributed by atoms with Crippen molar-refractivity contribution in [1.82, 2.24) is 4.57 Å². The maximum absolute atomic E-state index is 13.8. The minimum atomic E-state index is -0.724. The number of rotatable bonds is 6. The molecule has 200 valence electrons. The Morgan fingerprint density at radius 3 is 2.56 bits per heavy atom.